The molecule has 7 heteroatoms. The Morgan fingerprint density at radius 3 is 2.50 bits per heavy atom. The molecule has 0 atom stereocenters. The van der Waals surface area contributed by atoms with Crippen LogP contribution in [0.4, 0.5) is 0 Å². The molecule has 0 bridgehead atoms. The molecule has 2 aliphatic rings. The molecule has 2 aliphatic carbocycles. The Morgan fingerprint density at radius 1 is 1.13 bits per heavy atom. The van der Waals surface area contributed by atoms with Gasteiger partial charge in [0.1, 0.15) is 0 Å². The minimum Gasteiger partial charge on any atom is -0.493 e. The summed E-state index contributed by atoms with van der Waals surface area (Å²) in [7, 11) is 5.30. The summed E-state index contributed by atoms with van der Waals surface area (Å²) >= 11 is 0. The zero-order valence-electron chi connectivity index (χ0n) is 18.7. The van der Waals surface area contributed by atoms with E-state index in [9.17, 15) is 0 Å². The number of nitrogens with one attached hydrogen (secondary N) is 2. The summed E-state index contributed by atoms with van der Waals surface area (Å²) in [6, 6.07) is 6.08. The lowest BCUT2D eigenvalue weighted by molar-refractivity contribution is 0.0732. The summed E-state index contributed by atoms with van der Waals surface area (Å²) in [6.45, 7) is 2.39. The lowest BCUT2D eigenvalue weighted by Gasteiger charge is -2.42. The van der Waals surface area contributed by atoms with Crippen molar-refractivity contribution in [2.24, 2.45) is 10.4 Å². The fourth-order valence-electron chi connectivity index (χ4n) is 4.35. The number of aliphatic imine (C=N–C) groups is 1. The number of para-hydroxylation sites is 1. The third-order valence-corrected chi connectivity index (χ3v) is 6.42. The van der Waals surface area contributed by atoms with Crippen molar-refractivity contribution in [3.8, 4) is 11.5 Å². The van der Waals surface area contributed by atoms with Crippen LogP contribution in [-0.4, -0.2) is 46.5 Å². The maximum atomic E-state index is 6.34. The highest BCUT2D eigenvalue weighted by Gasteiger charge is 2.36. The van der Waals surface area contributed by atoms with Crippen molar-refractivity contribution >= 4 is 29.9 Å². The molecule has 0 radical (unpaired) electrons. The summed E-state index contributed by atoms with van der Waals surface area (Å²) in [5.41, 5.74) is 1.44. The molecule has 0 saturated heterocycles. The van der Waals surface area contributed by atoms with Crippen molar-refractivity contribution in [3.05, 3.63) is 23.8 Å². The monoisotopic (exact) mass is 531 g/mol. The van der Waals surface area contributed by atoms with Crippen LogP contribution in [0.25, 0.3) is 0 Å². The van der Waals surface area contributed by atoms with Crippen LogP contribution in [0, 0.1) is 5.41 Å². The van der Waals surface area contributed by atoms with E-state index in [2.05, 4.69) is 21.7 Å². The summed E-state index contributed by atoms with van der Waals surface area (Å²) < 4.78 is 17.2. The standard InChI is InChI=1S/C23H37N3O3.HI/c1-24-22(26-17-23(12-7-13-23)14-15-27-2)25-16-18-8-6-11-20(28-3)21(18)29-19-9-4-5-10-19;/h6,8,11,19H,4-5,7,9-10,12-17H2,1-3H3,(H2,24,25,26);1H. The summed E-state index contributed by atoms with van der Waals surface area (Å²) in [6.07, 6.45) is 9.96. The van der Waals surface area contributed by atoms with Crippen LogP contribution in [0.3, 0.4) is 0 Å². The van der Waals surface area contributed by atoms with Crippen molar-refractivity contribution in [1.29, 1.82) is 0 Å². The summed E-state index contributed by atoms with van der Waals surface area (Å²) in [5, 5.41) is 6.98. The van der Waals surface area contributed by atoms with E-state index < -0.39 is 0 Å². The highest BCUT2D eigenvalue weighted by Crippen LogP contribution is 2.43. The van der Waals surface area contributed by atoms with E-state index in [4.69, 9.17) is 14.2 Å². The first-order chi connectivity index (χ1) is 14.2. The number of guanidine groups is 1. The minimum absolute atomic E-state index is 0. The number of hydrogen-bond acceptors (Lipinski definition) is 4. The highest BCUT2D eigenvalue weighted by atomic mass is 127. The second kappa shape index (κ2) is 12.6. The quantitative estimate of drug-likeness (QED) is 0.265. The molecule has 1 aromatic rings. The first-order valence-electron chi connectivity index (χ1n) is 11.0. The van der Waals surface area contributed by atoms with Crippen molar-refractivity contribution in [2.75, 3.05) is 34.4 Å². The van der Waals surface area contributed by atoms with E-state index >= 15 is 0 Å². The first kappa shape index (κ1) is 25.0. The largest absolute Gasteiger partial charge is 0.493 e. The topological polar surface area (TPSA) is 64.1 Å². The number of nitrogens with zero attached hydrogens (tertiary/aromatic N) is 1. The minimum atomic E-state index is 0. The molecule has 6 nitrogen and oxygen atoms in total. The molecule has 2 N–H and O–H groups in total. The van der Waals surface area contributed by atoms with E-state index in [0.29, 0.717) is 18.1 Å². The van der Waals surface area contributed by atoms with Crippen molar-refractivity contribution in [3.63, 3.8) is 0 Å². The normalized spacial score (nSPS) is 18.3. The maximum Gasteiger partial charge on any atom is 0.191 e. The van der Waals surface area contributed by atoms with E-state index in [1.54, 1.807) is 14.2 Å². The van der Waals surface area contributed by atoms with Crippen LogP contribution in [0.1, 0.15) is 56.9 Å². The lowest BCUT2D eigenvalue weighted by Crippen LogP contribution is -2.46. The fraction of sp³-hybridized carbons (Fsp3) is 0.696. The van der Waals surface area contributed by atoms with Gasteiger partial charge in [0.15, 0.2) is 17.5 Å². The van der Waals surface area contributed by atoms with Crippen molar-refractivity contribution in [1.82, 2.24) is 10.6 Å². The van der Waals surface area contributed by atoms with E-state index in [-0.39, 0.29) is 24.0 Å². The van der Waals surface area contributed by atoms with Gasteiger partial charge in [-0.15, -0.1) is 24.0 Å². The van der Waals surface area contributed by atoms with Crippen LogP contribution in [0.2, 0.25) is 0 Å². The van der Waals surface area contributed by atoms with Gasteiger partial charge in [0.05, 0.1) is 13.2 Å². The molecule has 0 aromatic heterocycles. The van der Waals surface area contributed by atoms with Gasteiger partial charge in [-0.25, -0.2) is 0 Å². The second-order valence-electron chi connectivity index (χ2n) is 8.35. The number of methoxy groups -OCH3 is 2. The molecule has 2 fully saturated rings. The van der Waals surface area contributed by atoms with E-state index in [1.165, 1.54) is 32.1 Å². The Kier molecular flexibility index (Phi) is 10.5. The molecule has 2 saturated carbocycles. The third-order valence-electron chi connectivity index (χ3n) is 6.42. The van der Waals surface area contributed by atoms with E-state index in [1.807, 2.05) is 19.2 Å². The predicted molar refractivity (Wildman–Crippen MR) is 132 cm³/mol. The van der Waals surface area contributed by atoms with Gasteiger partial charge in [-0.3, -0.25) is 4.99 Å². The van der Waals surface area contributed by atoms with Gasteiger partial charge >= 0.3 is 0 Å². The molecular formula is C23H38IN3O3. The average molecular weight is 531 g/mol. The third kappa shape index (κ3) is 6.64. The Hall–Kier alpha value is -1.22. The van der Waals surface area contributed by atoms with Gasteiger partial charge in [0.25, 0.3) is 0 Å². The lowest BCUT2D eigenvalue weighted by atomic mass is 9.67. The summed E-state index contributed by atoms with van der Waals surface area (Å²) in [4.78, 5) is 4.41. The molecule has 170 valence electrons. The number of ether oxygens (including phenoxy) is 3. The molecular weight excluding hydrogens is 493 g/mol. The van der Waals surface area contributed by atoms with Gasteiger partial charge in [0.2, 0.25) is 0 Å². The zero-order valence-corrected chi connectivity index (χ0v) is 21.0. The van der Waals surface area contributed by atoms with Crippen LogP contribution in [-0.2, 0) is 11.3 Å². The molecule has 30 heavy (non-hydrogen) atoms. The number of halogens is 1. The molecule has 1 aromatic carbocycles. The molecule has 3 rings (SSSR count). The number of rotatable bonds is 10. The predicted octanol–water partition coefficient (Wildman–Crippen LogP) is 4.51. The fourth-order valence-corrected chi connectivity index (χ4v) is 4.35. The van der Waals surface area contributed by atoms with Gasteiger partial charge in [-0.2, -0.15) is 0 Å². The van der Waals surface area contributed by atoms with Gasteiger partial charge < -0.3 is 24.8 Å². The van der Waals surface area contributed by atoms with Crippen molar-refractivity contribution in [2.45, 2.75) is 64.0 Å². The van der Waals surface area contributed by atoms with Gasteiger partial charge in [-0.1, -0.05) is 18.6 Å². The zero-order chi connectivity index (χ0) is 20.5. The van der Waals surface area contributed by atoms with Crippen LogP contribution < -0.4 is 20.1 Å². The van der Waals surface area contributed by atoms with Crippen LogP contribution in [0.15, 0.2) is 23.2 Å². The number of benzene rings is 1. The average Bonchev–Trinajstić information content (AvgIpc) is 3.23. The SMILES string of the molecule is CN=C(NCc1cccc(OC)c1OC1CCCC1)NCC1(CCOC)CCC1.I. The van der Waals surface area contributed by atoms with Crippen molar-refractivity contribution < 1.29 is 14.2 Å². The molecule has 0 unspecified atom stereocenters. The van der Waals surface area contributed by atoms with Gasteiger partial charge in [-0.05, 0) is 56.4 Å². The van der Waals surface area contributed by atoms with Crippen LogP contribution in [0.5, 0.6) is 11.5 Å². The Bertz CT molecular complexity index is 674. The Morgan fingerprint density at radius 2 is 1.90 bits per heavy atom. The highest BCUT2D eigenvalue weighted by molar-refractivity contribution is 14.0. The smallest absolute Gasteiger partial charge is 0.191 e. The Balaban J connectivity index is 0.00000320. The molecule has 0 aliphatic heterocycles. The van der Waals surface area contributed by atoms with Crippen LogP contribution >= 0.6 is 24.0 Å². The maximum absolute atomic E-state index is 6.34. The number of hydrogen-bond donors (Lipinski definition) is 2. The first-order valence-corrected chi connectivity index (χ1v) is 11.0. The van der Waals surface area contributed by atoms with Gasteiger partial charge in [0, 0.05) is 39.4 Å². The molecule has 0 heterocycles. The molecule has 0 spiro atoms. The summed E-state index contributed by atoms with van der Waals surface area (Å²) in [5.74, 6) is 2.48. The second-order valence-corrected chi connectivity index (χ2v) is 8.35. The van der Waals surface area contributed by atoms with E-state index in [0.717, 1.165) is 55.4 Å². The Labute approximate surface area is 198 Å². The molecule has 0 amide bonds.